The van der Waals surface area contributed by atoms with Gasteiger partial charge in [0.05, 0.1) is 0 Å². The Kier molecular flexibility index (Phi) is 13.7. The molecule has 1 rings (SSSR count). The van der Waals surface area contributed by atoms with Gasteiger partial charge >= 0.3 is 0 Å². The Morgan fingerprint density at radius 2 is 1.00 bits per heavy atom. The van der Waals surface area contributed by atoms with Crippen molar-refractivity contribution >= 4 is 21.6 Å². The van der Waals surface area contributed by atoms with E-state index in [1.165, 1.54) is 101 Å². The molecule has 2 heteroatoms. The van der Waals surface area contributed by atoms with Gasteiger partial charge in [0.1, 0.15) is 0 Å². The molecule has 0 aromatic carbocycles. The molecule has 0 saturated carbocycles. The van der Waals surface area contributed by atoms with Crippen LogP contribution in [0.1, 0.15) is 96.8 Å². The Balaban J connectivity index is 1.66. The standard InChI is InChI=1S/C18H36S2/c1-2-3-4-5-6-7-8-9-10-11-12-13-14-15-18-16-19-20-17-18/h18H,2-17H2,1H3. The van der Waals surface area contributed by atoms with Crippen LogP contribution in [0.2, 0.25) is 0 Å². The van der Waals surface area contributed by atoms with Crippen LogP contribution in [0.3, 0.4) is 0 Å². The number of hydrogen-bond donors (Lipinski definition) is 0. The van der Waals surface area contributed by atoms with Crippen molar-refractivity contribution in [1.82, 2.24) is 0 Å². The molecule has 1 fully saturated rings. The summed E-state index contributed by atoms with van der Waals surface area (Å²) in [6.07, 6.45) is 20.7. The van der Waals surface area contributed by atoms with E-state index in [4.69, 9.17) is 0 Å². The molecule has 1 saturated heterocycles. The third-order valence-electron chi connectivity index (χ3n) is 4.41. The second kappa shape index (κ2) is 14.6. The summed E-state index contributed by atoms with van der Waals surface area (Å²) in [7, 11) is 4.17. The van der Waals surface area contributed by atoms with E-state index in [2.05, 4.69) is 28.5 Å². The summed E-state index contributed by atoms with van der Waals surface area (Å²) >= 11 is 0. The molecule has 0 radical (unpaired) electrons. The lowest BCUT2D eigenvalue weighted by atomic mass is 10.0. The normalized spacial score (nSPS) is 16.1. The summed E-state index contributed by atoms with van der Waals surface area (Å²) in [5.74, 6) is 3.88. The molecule has 0 nitrogen and oxygen atoms in total. The Morgan fingerprint density at radius 3 is 1.45 bits per heavy atom. The summed E-state index contributed by atoms with van der Waals surface area (Å²) in [6, 6.07) is 0. The zero-order valence-electron chi connectivity index (χ0n) is 13.7. The summed E-state index contributed by atoms with van der Waals surface area (Å²) in [6.45, 7) is 2.30. The van der Waals surface area contributed by atoms with Gasteiger partial charge < -0.3 is 0 Å². The molecule has 1 aliphatic rings. The van der Waals surface area contributed by atoms with Crippen LogP contribution in [0.5, 0.6) is 0 Å². The summed E-state index contributed by atoms with van der Waals surface area (Å²) in [4.78, 5) is 0. The van der Waals surface area contributed by atoms with Crippen LogP contribution in [-0.4, -0.2) is 11.5 Å². The maximum atomic E-state index is 2.30. The van der Waals surface area contributed by atoms with Crippen LogP contribution in [-0.2, 0) is 0 Å². The maximum absolute atomic E-state index is 2.30. The van der Waals surface area contributed by atoms with Crippen LogP contribution < -0.4 is 0 Å². The summed E-state index contributed by atoms with van der Waals surface area (Å²) in [5, 5.41) is 0. The molecular weight excluding hydrogens is 280 g/mol. The third kappa shape index (κ3) is 11.4. The average Bonchev–Trinajstić information content (AvgIpc) is 2.97. The first-order chi connectivity index (χ1) is 9.93. The molecule has 120 valence electrons. The highest BCUT2D eigenvalue weighted by molar-refractivity contribution is 8.77. The first-order valence-electron chi connectivity index (χ1n) is 9.18. The molecule has 0 aromatic rings. The summed E-state index contributed by atoms with van der Waals surface area (Å²) in [5.41, 5.74) is 0. The lowest BCUT2D eigenvalue weighted by molar-refractivity contribution is 0.511. The maximum Gasteiger partial charge on any atom is 0.00735 e. The fourth-order valence-electron chi connectivity index (χ4n) is 2.95. The Bertz CT molecular complexity index is 188. The first-order valence-corrected chi connectivity index (χ1v) is 11.7. The highest BCUT2D eigenvalue weighted by Gasteiger charge is 2.15. The van der Waals surface area contributed by atoms with Gasteiger partial charge in [-0.3, -0.25) is 0 Å². The summed E-state index contributed by atoms with van der Waals surface area (Å²) < 4.78 is 0. The van der Waals surface area contributed by atoms with Crippen molar-refractivity contribution in [3.05, 3.63) is 0 Å². The molecule has 0 atom stereocenters. The lowest BCUT2D eigenvalue weighted by Gasteiger charge is -2.06. The molecular formula is C18H36S2. The van der Waals surface area contributed by atoms with E-state index in [0.717, 1.165) is 5.92 Å². The predicted molar refractivity (Wildman–Crippen MR) is 98.7 cm³/mol. The molecule has 20 heavy (non-hydrogen) atoms. The van der Waals surface area contributed by atoms with E-state index in [1.54, 1.807) is 0 Å². The molecule has 0 spiro atoms. The first kappa shape index (κ1) is 18.7. The Hall–Kier alpha value is 0.700. The van der Waals surface area contributed by atoms with Crippen molar-refractivity contribution in [2.45, 2.75) is 96.8 Å². The molecule has 0 N–H and O–H groups in total. The van der Waals surface area contributed by atoms with E-state index < -0.39 is 0 Å². The van der Waals surface area contributed by atoms with Gasteiger partial charge in [-0.1, -0.05) is 112 Å². The van der Waals surface area contributed by atoms with Gasteiger partial charge in [0.15, 0.2) is 0 Å². The van der Waals surface area contributed by atoms with Crippen LogP contribution in [0.4, 0.5) is 0 Å². The lowest BCUT2D eigenvalue weighted by Crippen LogP contribution is -2.00. The minimum Gasteiger partial charge on any atom is -0.0938 e. The predicted octanol–water partition coefficient (Wildman–Crippen LogP) is 7.48. The van der Waals surface area contributed by atoms with Gasteiger partial charge in [0, 0.05) is 11.5 Å². The zero-order valence-corrected chi connectivity index (χ0v) is 15.3. The van der Waals surface area contributed by atoms with Gasteiger partial charge in [-0.05, 0) is 12.3 Å². The van der Waals surface area contributed by atoms with Crippen molar-refractivity contribution in [3.63, 3.8) is 0 Å². The van der Waals surface area contributed by atoms with Gasteiger partial charge in [-0.25, -0.2) is 0 Å². The molecule has 1 aliphatic heterocycles. The van der Waals surface area contributed by atoms with Gasteiger partial charge in [-0.2, -0.15) is 0 Å². The minimum atomic E-state index is 1.04. The van der Waals surface area contributed by atoms with Gasteiger partial charge in [-0.15, -0.1) is 0 Å². The van der Waals surface area contributed by atoms with E-state index in [-0.39, 0.29) is 0 Å². The average molecular weight is 317 g/mol. The highest BCUT2D eigenvalue weighted by atomic mass is 33.1. The zero-order chi connectivity index (χ0) is 14.3. The fourth-order valence-corrected chi connectivity index (χ4v) is 5.98. The van der Waals surface area contributed by atoms with Gasteiger partial charge in [0.25, 0.3) is 0 Å². The van der Waals surface area contributed by atoms with E-state index in [0.29, 0.717) is 0 Å². The van der Waals surface area contributed by atoms with Crippen molar-refractivity contribution in [2.24, 2.45) is 5.92 Å². The van der Waals surface area contributed by atoms with Crippen molar-refractivity contribution < 1.29 is 0 Å². The number of hydrogen-bond acceptors (Lipinski definition) is 2. The van der Waals surface area contributed by atoms with E-state index in [9.17, 15) is 0 Å². The van der Waals surface area contributed by atoms with Crippen LogP contribution >= 0.6 is 21.6 Å². The number of unbranched alkanes of at least 4 members (excludes halogenated alkanes) is 12. The van der Waals surface area contributed by atoms with E-state index >= 15 is 0 Å². The SMILES string of the molecule is CCCCCCCCCCCCCCCC1CSSC1. The van der Waals surface area contributed by atoms with Crippen molar-refractivity contribution in [2.75, 3.05) is 11.5 Å². The topological polar surface area (TPSA) is 0 Å². The van der Waals surface area contributed by atoms with Crippen LogP contribution in [0.25, 0.3) is 0 Å². The van der Waals surface area contributed by atoms with Crippen molar-refractivity contribution in [3.8, 4) is 0 Å². The van der Waals surface area contributed by atoms with Crippen molar-refractivity contribution in [1.29, 1.82) is 0 Å². The second-order valence-corrected chi connectivity index (χ2v) is 9.02. The van der Waals surface area contributed by atoms with Crippen LogP contribution in [0.15, 0.2) is 0 Å². The second-order valence-electron chi connectivity index (χ2n) is 6.47. The monoisotopic (exact) mass is 316 g/mol. The molecule has 0 aliphatic carbocycles. The minimum absolute atomic E-state index is 1.04. The Morgan fingerprint density at radius 1 is 0.600 bits per heavy atom. The number of rotatable bonds is 14. The third-order valence-corrected chi connectivity index (χ3v) is 7.10. The largest absolute Gasteiger partial charge is 0.0938 e. The molecule has 1 heterocycles. The van der Waals surface area contributed by atoms with E-state index in [1.807, 2.05) is 0 Å². The smallest absolute Gasteiger partial charge is 0.00735 e. The highest BCUT2D eigenvalue weighted by Crippen LogP contribution is 2.36. The molecule has 0 bridgehead atoms. The quantitative estimate of drug-likeness (QED) is 0.241. The Labute approximate surface area is 136 Å². The fraction of sp³-hybridized carbons (Fsp3) is 1.00. The molecule has 0 amide bonds. The molecule has 0 aromatic heterocycles. The van der Waals surface area contributed by atoms with Crippen LogP contribution in [0, 0.1) is 5.92 Å². The molecule has 0 unspecified atom stereocenters. The van der Waals surface area contributed by atoms with Gasteiger partial charge in [0.2, 0.25) is 0 Å².